The van der Waals surface area contributed by atoms with Crippen LogP contribution in [0.25, 0.3) is 0 Å². The van der Waals surface area contributed by atoms with Crippen molar-refractivity contribution < 1.29 is 19.1 Å². The Labute approximate surface area is 146 Å². The normalized spacial score (nSPS) is 22.1. The van der Waals surface area contributed by atoms with E-state index in [4.69, 9.17) is 9.47 Å². The molecule has 6 heteroatoms. The number of carbonyl (C=O) groups excluding carboxylic acids is 2. The second-order valence-electron chi connectivity index (χ2n) is 7.68. The summed E-state index contributed by atoms with van der Waals surface area (Å²) in [6.07, 6.45) is 0. The highest BCUT2D eigenvalue weighted by Crippen LogP contribution is 2.63. The molecule has 0 aromatic heterocycles. The fourth-order valence-electron chi connectivity index (χ4n) is 2.74. The van der Waals surface area contributed by atoms with Gasteiger partial charge >= 0.3 is 0 Å². The van der Waals surface area contributed by atoms with Gasteiger partial charge in [-0.2, -0.15) is 0 Å². The van der Waals surface area contributed by atoms with Gasteiger partial charge < -0.3 is 9.47 Å². The van der Waals surface area contributed by atoms with Crippen molar-refractivity contribution in [2.75, 3.05) is 14.2 Å². The van der Waals surface area contributed by atoms with Gasteiger partial charge in [-0.3, -0.25) is 9.59 Å². The molecule has 4 nitrogen and oxygen atoms in total. The van der Waals surface area contributed by atoms with Crippen molar-refractivity contribution in [2.24, 2.45) is 10.8 Å². The lowest BCUT2D eigenvalue weighted by Gasteiger charge is -2.31. The van der Waals surface area contributed by atoms with Crippen LogP contribution in [0.4, 0.5) is 0 Å². The minimum Gasteiger partial charge on any atom is -0.336 e. The van der Waals surface area contributed by atoms with Crippen LogP contribution in [0.5, 0.6) is 0 Å². The summed E-state index contributed by atoms with van der Waals surface area (Å²) in [6.45, 7) is 11.7. The zero-order chi connectivity index (χ0) is 17.8. The number of carbonyl (C=O) groups is 2. The van der Waals surface area contributed by atoms with E-state index in [0.717, 1.165) is 9.81 Å². The molecule has 2 aliphatic rings. The predicted molar refractivity (Wildman–Crippen MR) is 94.9 cm³/mol. The zero-order valence-corrected chi connectivity index (χ0v) is 16.6. The smallest absolute Gasteiger partial charge is 0.278 e. The second-order valence-corrected chi connectivity index (χ2v) is 10.2. The first-order valence-electron chi connectivity index (χ1n) is 7.45. The van der Waals surface area contributed by atoms with Gasteiger partial charge in [-0.25, -0.2) is 0 Å². The summed E-state index contributed by atoms with van der Waals surface area (Å²) in [6, 6.07) is 0. The maximum Gasteiger partial charge on any atom is 0.278 e. The van der Waals surface area contributed by atoms with E-state index in [1.807, 2.05) is 41.5 Å². The van der Waals surface area contributed by atoms with Crippen molar-refractivity contribution in [2.45, 2.75) is 46.0 Å². The summed E-state index contributed by atoms with van der Waals surface area (Å²) in [7, 11) is 3.14. The van der Waals surface area contributed by atoms with Gasteiger partial charge in [0.2, 0.25) is 11.6 Å². The van der Waals surface area contributed by atoms with Crippen molar-refractivity contribution in [3.05, 3.63) is 21.0 Å². The Kier molecular flexibility index (Phi) is 4.70. The number of hydrogen-bond acceptors (Lipinski definition) is 6. The number of thioether (sulfide) groups is 2. The lowest BCUT2D eigenvalue weighted by atomic mass is 9.73. The first-order valence-corrected chi connectivity index (χ1v) is 9.08. The van der Waals surface area contributed by atoms with Gasteiger partial charge in [0.05, 0.1) is 0 Å². The van der Waals surface area contributed by atoms with E-state index in [9.17, 15) is 9.59 Å². The van der Waals surface area contributed by atoms with Gasteiger partial charge in [-0.15, -0.1) is 0 Å². The Hall–Kier alpha value is -0.560. The first-order chi connectivity index (χ1) is 10.4. The monoisotopic (exact) mass is 356 g/mol. The summed E-state index contributed by atoms with van der Waals surface area (Å²) in [4.78, 5) is 27.3. The Bertz CT molecular complexity index is 574. The van der Waals surface area contributed by atoms with E-state index in [2.05, 4.69) is 0 Å². The van der Waals surface area contributed by atoms with E-state index < -0.39 is 26.8 Å². The Balaban J connectivity index is 2.82. The molecule has 0 spiro atoms. The van der Waals surface area contributed by atoms with Gasteiger partial charge in [0, 0.05) is 35.2 Å². The van der Waals surface area contributed by atoms with E-state index in [1.165, 1.54) is 23.5 Å². The quantitative estimate of drug-likeness (QED) is 0.421. The number of allylic oxidation sites excluding steroid dienone is 2. The van der Waals surface area contributed by atoms with Crippen LogP contribution in [0, 0.1) is 10.8 Å². The minimum atomic E-state index is -0.956. The highest BCUT2D eigenvalue weighted by molar-refractivity contribution is 8.25. The average molecular weight is 357 g/mol. The van der Waals surface area contributed by atoms with E-state index in [0.29, 0.717) is 11.1 Å². The molecule has 0 unspecified atom stereocenters. The second kappa shape index (κ2) is 5.76. The van der Waals surface area contributed by atoms with Gasteiger partial charge in [-0.05, 0) is 34.4 Å². The SMILES string of the molecule is COC1(OC)SC2=C(C(C)(C)C)C(=O)C(=O)C(C(C)(C)C)=C2S1. The molecule has 0 N–H and O–H groups in total. The van der Waals surface area contributed by atoms with Crippen molar-refractivity contribution >= 4 is 35.1 Å². The van der Waals surface area contributed by atoms with Gasteiger partial charge in [0.15, 0.2) is 0 Å². The zero-order valence-electron chi connectivity index (χ0n) is 14.9. The highest BCUT2D eigenvalue weighted by Gasteiger charge is 2.52. The predicted octanol–water partition coefficient (Wildman–Crippen LogP) is 4.12. The largest absolute Gasteiger partial charge is 0.336 e. The molecule has 1 saturated heterocycles. The molecule has 128 valence electrons. The summed E-state index contributed by atoms with van der Waals surface area (Å²) >= 11 is 2.74. The Morgan fingerprint density at radius 2 is 1.04 bits per heavy atom. The molecule has 1 fully saturated rings. The molecule has 0 saturated carbocycles. The Morgan fingerprint density at radius 3 is 1.26 bits per heavy atom. The molecule has 1 aliphatic carbocycles. The lowest BCUT2D eigenvalue weighted by molar-refractivity contribution is -0.133. The third-order valence-corrected chi connectivity index (χ3v) is 6.80. The summed E-state index contributed by atoms with van der Waals surface area (Å²) < 4.78 is 10.1. The van der Waals surface area contributed by atoms with Crippen LogP contribution in [-0.2, 0) is 19.1 Å². The molecule has 2 rings (SSSR count). The van der Waals surface area contributed by atoms with Crippen molar-refractivity contribution in [1.82, 2.24) is 0 Å². The van der Waals surface area contributed by atoms with Crippen molar-refractivity contribution in [3.8, 4) is 0 Å². The number of rotatable bonds is 2. The number of ketones is 2. The number of hydrogen-bond donors (Lipinski definition) is 0. The topological polar surface area (TPSA) is 52.6 Å². The van der Waals surface area contributed by atoms with E-state index in [-0.39, 0.29) is 0 Å². The molecule has 23 heavy (non-hydrogen) atoms. The van der Waals surface area contributed by atoms with Gasteiger partial charge in [0.25, 0.3) is 4.45 Å². The number of fused-ring (bicyclic) bond motifs is 1. The minimum absolute atomic E-state index is 0.405. The Morgan fingerprint density at radius 1 is 0.739 bits per heavy atom. The molecule has 0 radical (unpaired) electrons. The molecular formula is C17H24O4S2. The van der Waals surface area contributed by atoms with E-state index >= 15 is 0 Å². The number of ether oxygens (including phenoxy) is 2. The van der Waals surface area contributed by atoms with Crippen LogP contribution in [0.3, 0.4) is 0 Å². The lowest BCUT2D eigenvalue weighted by Crippen LogP contribution is -2.34. The maximum atomic E-state index is 12.8. The van der Waals surface area contributed by atoms with Crippen LogP contribution in [0.2, 0.25) is 0 Å². The van der Waals surface area contributed by atoms with E-state index in [1.54, 1.807) is 14.2 Å². The van der Waals surface area contributed by atoms with Crippen LogP contribution in [0.1, 0.15) is 41.5 Å². The summed E-state index contributed by atoms with van der Waals surface area (Å²) in [5.41, 5.74) is 0.252. The average Bonchev–Trinajstić information content (AvgIpc) is 2.76. The molecular weight excluding hydrogens is 332 g/mol. The van der Waals surface area contributed by atoms with Crippen LogP contribution in [0.15, 0.2) is 21.0 Å². The third kappa shape index (κ3) is 3.06. The molecule has 0 amide bonds. The molecule has 1 heterocycles. The summed E-state index contributed by atoms with van der Waals surface area (Å²) in [5.74, 6) is -0.811. The molecule has 0 aromatic carbocycles. The van der Waals surface area contributed by atoms with Crippen molar-refractivity contribution in [3.63, 3.8) is 0 Å². The maximum absolute atomic E-state index is 12.8. The molecule has 1 aliphatic heterocycles. The highest BCUT2D eigenvalue weighted by atomic mass is 32.2. The van der Waals surface area contributed by atoms with Crippen LogP contribution < -0.4 is 0 Å². The first kappa shape index (κ1) is 18.8. The molecule has 0 bridgehead atoms. The van der Waals surface area contributed by atoms with Crippen LogP contribution in [-0.4, -0.2) is 30.2 Å². The fourth-order valence-corrected chi connectivity index (χ4v) is 5.88. The van der Waals surface area contributed by atoms with Gasteiger partial charge in [0.1, 0.15) is 0 Å². The van der Waals surface area contributed by atoms with Crippen LogP contribution >= 0.6 is 23.5 Å². The number of Topliss-reactive ketones (excluding diaryl/α,β-unsaturated/α-hetero) is 2. The van der Waals surface area contributed by atoms with Crippen molar-refractivity contribution in [1.29, 1.82) is 0 Å². The number of methoxy groups -OCH3 is 2. The third-order valence-electron chi connectivity index (χ3n) is 3.77. The summed E-state index contributed by atoms with van der Waals surface area (Å²) in [5, 5.41) is 0. The fraction of sp³-hybridized carbons (Fsp3) is 0.647. The molecule has 0 atom stereocenters. The molecule has 0 aromatic rings. The standard InChI is InChI=1S/C17H24O4S2/c1-15(2,3)9-11(18)12(19)10(16(4,5)6)14-13(9)22-17(20-7,21-8)23-14/h1-8H3. The van der Waals surface area contributed by atoms with Gasteiger partial charge in [-0.1, -0.05) is 41.5 Å².